The van der Waals surface area contributed by atoms with Crippen LogP contribution in [0.25, 0.3) is 0 Å². The molecule has 0 spiro atoms. The third-order valence-corrected chi connectivity index (χ3v) is 1.25. The van der Waals surface area contributed by atoms with Crippen molar-refractivity contribution in [3.8, 4) is 0 Å². The summed E-state index contributed by atoms with van der Waals surface area (Å²) in [5.74, 6) is -1.12. The second-order valence-electron chi connectivity index (χ2n) is 2.16. The maximum Gasteiger partial charge on any atom is 1.00 e. The third kappa shape index (κ3) is 3.01. The summed E-state index contributed by atoms with van der Waals surface area (Å²) in [6, 6.07) is 6.63. The number of carboxylic acid groups (broad SMARTS) is 1. The van der Waals surface area contributed by atoms with Crippen LogP contribution in [0.3, 0.4) is 0 Å². The Bertz CT molecular complexity index is 258. The summed E-state index contributed by atoms with van der Waals surface area (Å²) in [5.41, 5.74) is 1.17. The van der Waals surface area contributed by atoms with Gasteiger partial charge in [-0.3, -0.25) is 0 Å². The molecule has 0 aromatic heterocycles. The van der Waals surface area contributed by atoms with Crippen molar-refractivity contribution in [2.45, 2.75) is 6.92 Å². The van der Waals surface area contributed by atoms with Gasteiger partial charge in [-0.1, -0.05) is 29.8 Å². The van der Waals surface area contributed by atoms with Gasteiger partial charge in [-0.05, 0) is 12.5 Å². The van der Waals surface area contributed by atoms with Crippen LogP contribution in [0, 0.1) is 6.92 Å². The molecule has 2 nitrogen and oxygen atoms in total. The van der Waals surface area contributed by atoms with Crippen molar-refractivity contribution in [2.75, 3.05) is 0 Å². The van der Waals surface area contributed by atoms with E-state index in [-0.39, 0.29) is 33.2 Å². The van der Waals surface area contributed by atoms with Crippen LogP contribution in [0.5, 0.6) is 0 Å². The van der Waals surface area contributed by atoms with Crippen molar-refractivity contribution in [1.82, 2.24) is 0 Å². The maximum absolute atomic E-state index is 10.2. The molecule has 0 unspecified atom stereocenters. The van der Waals surface area contributed by atoms with Crippen LogP contribution in [0.1, 0.15) is 15.9 Å². The fraction of sp³-hybridized carbons (Fsp3) is 0.125. The van der Waals surface area contributed by atoms with Crippen LogP contribution in [-0.2, 0) is 27.7 Å². The van der Waals surface area contributed by atoms with Gasteiger partial charge in [-0.15, -0.1) is 0 Å². The van der Waals surface area contributed by atoms with Crippen molar-refractivity contribution in [3.05, 3.63) is 35.4 Å². The van der Waals surface area contributed by atoms with E-state index in [2.05, 4.69) is 0 Å². The topological polar surface area (TPSA) is 40.1 Å². The van der Waals surface area contributed by atoms with E-state index >= 15 is 0 Å². The smallest absolute Gasteiger partial charge is 0.545 e. The first-order valence-corrected chi connectivity index (χ1v) is 2.98. The summed E-state index contributed by atoms with van der Waals surface area (Å²) in [4.78, 5) is 10.2. The zero-order valence-corrected chi connectivity index (χ0v) is 11.8. The number of hydrogen-bond donors (Lipinski definition) is 0. The number of carboxylic acids is 1. The van der Waals surface area contributed by atoms with E-state index in [1.54, 1.807) is 12.1 Å². The van der Waals surface area contributed by atoms with E-state index in [4.69, 9.17) is 0 Å². The fourth-order valence-electron chi connectivity index (χ4n) is 0.772. The number of benzene rings is 1. The standard InChI is InChI=1S/C8H8O2.Hg/c1-6-3-2-4-7(5-6)8(9)10;/h2-5H,1H3,(H,9,10);/q;+1/p-1. The zero-order valence-electron chi connectivity index (χ0n) is 6.33. The van der Waals surface area contributed by atoms with Crippen LogP contribution in [-0.4, -0.2) is 5.97 Å². The van der Waals surface area contributed by atoms with Gasteiger partial charge in [0.1, 0.15) is 0 Å². The summed E-state index contributed by atoms with van der Waals surface area (Å²) in [7, 11) is 0. The molecule has 0 N–H and O–H groups in total. The van der Waals surface area contributed by atoms with Crippen LogP contribution in [0.15, 0.2) is 24.3 Å². The first-order valence-electron chi connectivity index (χ1n) is 2.98. The molecule has 11 heavy (non-hydrogen) atoms. The van der Waals surface area contributed by atoms with Crippen LogP contribution >= 0.6 is 0 Å². The molecule has 0 fully saturated rings. The van der Waals surface area contributed by atoms with Crippen LogP contribution in [0.4, 0.5) is 0 Å². The fourth-order valence-corrected chi connectivity index (χ4v) is 0.772. The Morgan fingerprint density at radius 1 is 1.45 bits per heavy atom. The van der Waals surface area contributed by atoms with Crippen molar-refractivity contribution < 1.29 is 37.6 Å². The van der Waals surface area contributed by atoms with E-state index in [1.165, 1.54) is 6.07 Å². The summed E-state index contributed by atoms with van der Waals surface area (Å²) >= 11 is 0. The molecule has 0 atom stereocenters. The Hall–Kier alpha value is -0.375. The van der Waals surface area contributed by atoms with Crippen molar-refractivity contribution in [1.29, 1.82) is 0 Å². The molecule has 0 heterocycles. The normalized spacial score (nSPS) is 8.45. The van der Waals surface area contributed by atoms with Gasteiger partial charge in [-0.25, -0.2) is 0 Å². The summed E-state index contributed by atoms with van der Waals surface area (Å²) in [6.07, 6.45) is 0. The number of carbonyl (C=O) groups is 1. The van der Waals surface area contributed by atoms with E-state index in [0.29, 0.717) is 0 Å². The average Bonchev–Trinajstić information content (AvgIpc) is 1.88. The minimum atomic E-state index is -1.12. The van der Waals surface area contributed by atoms with Gasteiger partial charge < -0.3 is 9.90 Å². The zero-order chi connectivity index (χ0) is 7.56. The second-order valence-corrected chi connectivity index (χ2v) is 2.16. The van der Waals surface area contributed by atoms with E-state index in [0.717, 1.165) is 5.56 Å². The molecule has 1 aromatic carbocycles. The van der Waals surface area contributed by atoms with Gasteiger partial charge in [0.15, 0.2) is 0 Å². The summed E-state index contributed by atoms with van der Waals surface area (Å²) < 4.78 is 0. The molecule has 0 saturated heterocycles. The van der Waals surface area contributed by atoms with Gasteiger partial charge in [0.25, 0.3) is 0 Å². The molecule has 0 saturated carbocycles. The summed E-state index contributed by atoms with van der Waals surface area (Å²) in [5, 5.41) is 10.2. The molecule has 0 aliphatic rings. The second kappa shape index (κ2) is 4.49. The van der Waals surface area contributed by atoms with Gasteiger partial charge in [0.05, 0.1) is 5.97 Å². The predicted molar refractivity (Wildman–Crippen MR) is 35.5 cm³/mol. The number of carbonyl (C=O) groups excluding carboxylic acids is 1. The largest absolute Gasteiger partial charge is 1.00 e. The Morgan fingerprint density at radius 3 is 2.45 bits per heavy atom. The van der Waals surface area contributed by atoms with Gasteiger partial charge in [-0.2, -0.15) is 0 Å². The molecule has 3 heteroatoms. The number of aromatic carboxylic acids is 1. The molecular formula is C8H7HgO2. The molecule has 1 rings (SSSR count). The number of aryl methyl sites for hydroxylation is 1. The third-order valence-electron chi connectivity index (χ3n) is 1.25. The number of rotatable bonds is 1. The van der Waals surface area contributed by atoms with Crippen molar-refractivity contribution in [3.63, 3.8) is 0 Å². The van der Waals surface area contributed by atoms with Crippen molar-refractivity contribution in [2.24, 2.45) is 0 Å². The molecule has 53 valence electrons. The Morgan fingerprint density at radius 2 is 2.09 bits per heavy atom. The first kappa shape index (κ1) is 10.6. The average molecular weight is 336 g/mol. The van der Waals surface area contributed by atoms with E-state index in [1.807, 2.05) is 13.0 Å². The first-order chi connectivity index (χ1) is 4.70. The molecule has 0 aliphatic carbocycles. The Labute approximate surface area is 85.7 Å². The van der Waals surface area contributed by atoms with Crippen LogP contribution in [0.2, 0.25) is 0 Å². The molecule has 0 bridgehead atoms. The Balaban J connectivity index is 0.000001000. The van der Waals surface area contributed by atoms with E-state index in [9.17, 15) is 9.90 Å². The monoisotopic (exact) mass is 337 g/mol. The van der Waals surface area contributed by atoms with Crippen LogP contribution < -0.4 is 5.11 Å². The molecule has 0 amide bonds. The minimum absolute atomic E-state index is 0. The summed E-state index contributed by atoms with van der Waals surface area (Å²) in [6.45, 7) is 1.84. The molecule has 0 aliphatic heterocycles. The predicted octanol–water partition coefficient (Wildman–Crippen LogP) is 0.356. The van der Waals surface area contributed by atoms with Gasteiger partial charge >= 0.3 is 27.7 Å². The molecular weight excluding hydrogens is 329 g/mol. The maximum atomic E-state index is 10.2. The SMILES string of the molecule is Cc1cccc(C(=O)[O-])c1.[Hg+]. The molecule has 1 aromatic rings. The van der Waals surface area contributed by atoms with Gasteiger partial charge in [0, 0.05) is 0 Å². The molecule has 1 radical (unpaired) electrons. The van der Waals surface area contributed by atoms with Crippen molar-refractivity contribution >= 4 is 5.97 Å². The quantitative estimate of drug-likeness (QED) is 0.695. The van der Waals surface area contributed by atoms with E-state index < -0.39 is 5.97 Å². The number of hydrogen-bond acceptors (Lipinski definition) is 2. The van der Waals surface area contributed by atoms with Gasteiger partial charge in [0.2, 0.25) is 0 Å². The minimum Gasteiger partial charge on any atom is -0.545 e. The Kier molecular flexibility index (Phi) is 4.34.